The van der Waals surface area contributed by atoms with Crippen LogP contribution < -0.4 is 5.32 Å². The van der Waals surface area contributed by atoms with Gasteiger partial charge in [0.25, 0.3) is 0 Å². The van der Waals surface area contributed by atoms with Crippen molar-refractivity contribution in [3.8, 4) is 0 Å². The first-order valence-electron chi connectivity index (χ1n) is 5.32. The normalized spacial score (nSPS) is 23.9. The van der Waals surface area contributed by atoms with Gasteiger partial charge in [-0.15, -0.1) is 11.3 Å². The molecule has 0 aliphatic carbocycles. The van der Waals surface area contributed by atoms with Crippen LogP contribution in [0.1, 0.15) is 17.8 Å². The predicted octanol–water partition coefficient (Wildman–Crippen LogP) is 1.81. The van der Waals surface area contributed by atoms with E-state index in [1.807, 2.05) is 0 Å². The van der Waals surface area contributed by atoms with Gasteiger partial charge in [-0.05, 0) is 18.4 Å². The van der Waals surface area contributed by atoms with Gasteiger partial charge in [-0.25, -0.2) is 0 Å². The summed E-state index contributed by atoms with van der Waals surface area (Å²) in [6.07, 6.45) is 0.209. The summed E-state index contributed by atoms with van der Waals surface area (Å²) in [6, 6.07) is 4.63. The summed E-state index contributed by atoms with van der Waals surface area (Å²) in [5.74, 6) is 0. The second kappa shape index (κ2) is 5.61. The van der Waals surface area contributed by atoms with Crippen LogP contribution >= 0.6 is 11.3 Å². The Balaban J connectivity index is 1.73. The second-order valence-corrected chi connectivity index (χ2v) is 4.69. The third kappa shape index (κ3) is 3.28. The smallest absolute Gasteiger partial charge is 0.0933 e. The van der Waals surface area contributed by atoms with Gasteiger partial charge in [0.2, 0.25) is 0 Å². The van der Waals surface area contributed by atoms with Crippen molar-refractivity contribution < 1.29 is 9.47 Å². The maximum atomic E-state index is 5.56. The highest BCUT2D eigenvalue weighted by Crippen LogP contribution is 2.18. The summed E-state index contributed by atoms with van der Waals surface area (Å²) in [4.78, 5) is 1.37. The van der Waals surface area contributed by atoms with Crippen LogP contribution in [0.15, 0.2) is 17.5 Å². The van der Waals surface area contributed by atoms with Crippen molar-refractivity contribution >= 4 is 11.3 Å². The molecule has 0 spiro atoms. The monoisotopic (exact) mass is 227 g/mol. The molecule has 0 radical (unpaired) electrons. The van der Waals surface area contributed by atoms with Gasteiger partial charge in [0.05, 0.1) is 25.9 Å². The number of ether oxygens (including phenoxy) is 2. The van der Waals surface area contributed by atoms with E-state index in [9.17, 15) is 0 Å². The Morgan fingerprint density at radius 2 is 2.53 bits per heavy atom. The van der Waals surface area contributed by atoms with Crippen LogP contribution in [0.25, 0.3) is 0 Å². The molecule has 0 amide bonds. The van der Waals surface area contributed by atoms with Crippen molar-refractivity contribution in [2.24, 2.45) is 0 Å². The lowest BCUT2D eigenvalue weighted by molar-refractivity contribution is -0.0869. The fourth-order valence-electron chi connectivity index (χ4n) is 1.60. The summed E-state index contributed by atoms with van der Waals surface area (Å²) in [6.45, 7) is 5.20. The molecule has 0 aromatic carbocycles. The number of thiophene rings is 1. The highest BCUT2D eigenvalue weighted by molar-refractivity contribution is 7.10. The number of hydrogen-bond acceptors (Lipinski definition) is 4. The van der Waals surface area contributed by atoms with Gasteiger partial charge in [0, 0.05) is 17.5 Å². The van der Waals surface area contributed by atoms with Crippen LogP contribution in [-0.4, -0.2) is 32.5 Å². The van der Waals surface area contributed by atoms with E-state index < -0.39 is 0 Å². The summed E-state index contributed by atoms with van der Waals surface area (Å²) >= 11 is 1.78. The summed E-state index contributed by atoms with van der Waals surface area (Å²) < 4.78 is 10.9. The average Bonchev–Trinajstić information content (AvgIpc) is 2.81. The lowest BCUT2D eigenvalue weighted by Gasteiger charge is -2.24. The molecule has 1 N–H and O–H groups in total. The van der Waals surface area contributed by atoms with Crippen LogP contribution in [-0.2, 0) is 9.47 Å². The van der Waals surface area contributed by atoms with Crippen LogP contribution in [0.2, 0.25) is 0 Å². The van der Waals surface area contributed by atoms with Crippen molar-refractivity contribution in [2.45, 2.75) is 19.1 Å². The quantitative estimate of drug-likeness (QED) is 0.851. The number of rotatable bonds is 4. The second-order valence-electron chi connectivity index (χ2n) is 3.71. The highest BCUT2D eigenvalue weighted by Gasteiger charge is 2.15. The fourth-order valence-corrected chi connectivity index (χ4v) is 2.36. The maximum absolute atomic E-state index is 5.56. The minimum atomic E-state index is 0.209. The Bertz CT molecular complexity index is 270. The molecule has 2 heterocycles. The topological polar surface area (TPSA) is 30.5 Å². The first-order chi connectivity index (χ1) is 7.36. The van der Waals surface area contributed by atoms with E-state index in [1.165, 1.54) is 4.88 Å². The molecule has 2 unspecified atom stereocenters. The first-order valence-corrected chi connectivity index (χ1v) is 6.20. The van der Waals surface area contributed by atoms with E-state index in [0.717, 1.165) is 19.8 Å². The van der Waals surface area contributed by atoms with Crippen molar-refractivity contribution in [1.29, 1.82) is 0 Å². The van der Waals surface area contributed by atoms with Gasteiger partial charge < -0.3 is 14.8 Å². The summed E-state index contributed by atoms with van der Waals surface area (Å²) in [7, 11) is 0. The van der Waals surface area contributed by atoms with Crippen LogP contribution in [0.4, 0.5) is 0 Å². The van der Waals surface area contributed by atoms with E-state index in [1.54, 1.807) is 11.3 Å². The summed E-state index contributed by atoms with van der Waals surface area (Å²) in [5.41, 5.74) is 0. The average molecular weight is 227 g/mol. The Kier molecular flexibility index (Phi) is 4.14. The molecule has 1 aliphatic rings. The minimum absolute atomic E-state index is 0.209. The Labute approximate surface area is 94.4 Å². The van der Waals surface area contributed by atoms with Gasteiger partial charge in [0.1, 0.15) is 0 Å². The number of hydrogen-bond donors (Lipinski definition) is 1. The zero-order chi connectivity index (χ0) is 10.5. The molecule has 1 saturated heterocycles. The van der Waals surface area contributed by atoms with E-state index in [2.05, 4.69) is 29.8 Å². The van der Waals surface area contributed by atoms with Gasteiger partial charge in [0.15, 0.2) is 0 Å². The van der Waals surface area contributed by atoms with E-state index in [0.29, 0.717) is 12.6 Å². The Hall–Kier alpha value is -0.420. The van der Waals surface area contributed by atoms with Crippen LogP contribution in [0, 0.1) is 0 Å². The zero-order valence-electron chi connectivity index (χ0n) is 8.94. The lowest BCUT2D eigenvalue weighted by Crippen LogP contribution is -2.38. The van der Waals surface area contributed by atoms with Crippen molar-refractivity contribution in [1.82, 2.24) is 5.32 Å². The number of nitrogens with one attached hydrogen (secondary N) is 1. The molecule has 3 nitrogen and oxygen atoms in total. The van der Waals surface area contributed by atoms with E-state index in [4.69, 9.17) is 9.47 Å². The third-order valence-corrected chi connectivity index (χ3v) is 3.56. The fraction of sp³-hybridized carbons (Fsp3) is 0.636. The van der Waals surface area contributed by atoms with Gasteiger partial charge >= 0.3 is 0 Å². The SMILES string of the molecule is CC(NCC1COCCO1)c1cccs1. The first kappa shape index (κ1) is 11.1. The molecule has 0 bridgehead atoms. The van der Waals surface area contributed by atoms with Gasteiger partial charge in [-0.3, -0.25) is 0 Å². The Morgan fingerprint density at radius 1 is 1.60 bits per heavy atom. The van der Waals surface area contributed by atoms with Gasteiger partial charge in [-0.1, -0.05) is 6.07 Å². The molecular formula is C11H17NO2S. The summed E-state index contributed by atoms with van der Waals surface area (Å²) in [5, 5.41) is 5.57. The van der Waals surface area contributed by atoms with E-state index >= 15 is 0 Å². The van der Waals surface area contributed by atoms with Crippen molar-refractivity contribution in [2.75, 3.05) is 26.4 Å². The van der Waals surface area contributed by atoms with E-state index in [-0.39, 0.29) is 6.10 Å². The highest BCUT2D eigenvalue weighted by atomic mass is 32.1. The molecule has 84 valence electrons. The van der Waals surface area contributed by atoms with Gasteiger partial charge in [-0.2, -0.15) is 0 Å². The standard InChI is InChI=1S/C11H17NO2S/c1-9(11-3-2-6-15-11)12-7-10-8-13-4-5-14-10/h2-3,6,9-10,12H,4-5,7-8H2,1H3. The van der Waals surface area contributed by atoms with Crippen LogP contribution in [0.3, 0.4) is 0 Å². The maximum Gasteiger partial charge on any atom is 0.0933 e. The molecule has 0 saturated carbocycles. The third-order valence-electron chi connectivity index (χ3n) is 2.51. The molecule has 2 rings (SSSR count). The molecule has 15 heavy (non-hydrogen) atoms. The molecule has 1 aromatic rings. The molecular weight excluding hydrogens is 210 g/mol. The van der Waals surface area contributed by atoms with Crippen LogP contribution in [0.5, 0.6) is 0 Å². The zero-order valence-corrected chi connectivity index (χ0v) is 9.76. The lowest BCUT2D eigenvalue weighted by atomic mass is 10.2. The molecule has 1 aliphatic heterocycles. The predicted molar refractivity (Wildman–Crippen MR) is 61.3 cm³/mol. The Morgan fingerprint density at radius 3 is 3.20 bits per heavy atom. The molecule has 2 atom stereocenters. The molecule has 1 aromatic heterocycles. The molecule has 4 heteroatoms. The largest absolute Gasteiger partial charge is 0.376 e. The minimum Gasteiger partial charge on any atom is -0.376 e. The molecule has 1 fully saturated rings. The van der Waals surface area contributed by atoms with Crippen molar-refractivity contribution in [3.63, 3.8) is 0 Å². The van der Waals surface area contributed by atoms with Crippen molar-refractivity contribution in [3.05, 3.63) is 22.4 Å².